The van der Waals surface area contributed by atoms with Crippen molar-refractivity contribution in [3.63, 3.8) is 0 Å². The van der Waals surface area contributed by atoms with E-state index in [0.717, 1.165) is 12.0 Å². The van der Waals surface area contributed by atoms with Crippen LogP contribution in [0.2, 0.25) is 0 Å². The van der Waals surface area contributed by atoms with E-state index in [0.29, 0.717) is 24.8 Å². The van der Waals surface area contributed by atoms with Gasteiger partial charge in [0.2, 0.25) is 10.0 Å². The Morgan fingerprint density at radius 2 is 2.05 bits per heavy atom. The zero-order valence-corrected chi connectivity index (χ0v) is 12.5. The van der Waals surface area contributed by atoms with Crippen molar-refractivity contribution in [3.05, 3.63) is 23.8 Å². The van der Waals surface area contributed by atoms with Gasteiger partial charge in [-0.1, -0.05) is 19.9 Å². The number of methoxy groups -OCH3 is 1. The van der Waals surface area contributed by atoms with Gasteiger partial charge in [-0.2, -0.15) is 0 Å². The maximum absolute atomic E-state index is 12.2. The molecule has 0 fully saturated rings. The van der Waals surface area contributed by atoms with E-state index < -0.39 is 10.0 Å². The van der Waals surface area contributed by atoms with Gasteiger partial charge in [-0.15, -0.1) is 0 Å². The number of sulfonamides is 1. The smallest absolute Gasteiger partial charge is 0.244 e. The number of hydrogen-bond donors (Lipinski definition) is 2. The molecule has 0 aliphatic carbocycles. The van der Waals surface area contributed by atoms with Gasteiger partial charge in [-0.25, -0.2) is 13.1 Å². The average molecular weight is 286 g/mol. The van der Waals surface area contributed by atoms with Crippen LogP contribution in [0.1, 0.15) is 25.8 Å². The Morgan fingerprint density at radius 3 is 2.58 bits per heavy atom. The summed E-state index contributed by atoms with van der Waals surface area (Å²) >= 11 is 0. The molecule has 0 amide bonds. The van der Waals surface area contributed by atoms with E-state index in [4.69, 9.17) is 10.5 Å². The number of benzene rings is 1. The van der Waals surface area contributed by atoms with Gasteiger partial charge in [0.15, 0.2) is 0 Å². The third kappa shape index (κ3) is 4.49. The summed E-state index contributed by atoms with van der Waals surface area (Å²) in [5.74, 6) is 0.768. The molecular formula is C13H22N2O3S. The number of rotatable bonds is 7. The maximum Gasteiger partial charge on any atom is 0.244 e. The SMILES string of the molecule is COc1cc(CN)ccc1S(=O)(=O)NCCC(C)C. The van der Waals surface area contributed by atoms with Crippen molar-refractivity contribution < 1.29 is 13.2 Å². The van der Waals surface area contributed by atoms with Crippen molar-refractivity contribution in [2.45, 2.75) is 31.7 Å². The van der Waals surface area contributed by atoms with Crippen molar-refractivity contribution in [3.8, 4) is 5.75 Å². The van der Waals surface area contributed by atoms with Gasteiger partial charge in [0.25, 0.3) is 0 Å². The lowest BCUT2D eigenvalue weighted by molar-refractivity contribution is 0.401. The molecule has 0 saturated carbocycles. The van der Waals surface area contributed by atoms with Crippen LogP contribution in [0.15, 0.2) is 23.1 Å². The predicted molar refractivity (Wildman–Crippen MR) is 75.5 cm³/mol. The summed E-state index contributed by atoms with van der Waals surface area (Å²) in [7, 11) is -2.09. The first-order valence-electron chi connectivity index (χ1n) is 6.27. The summed E-state index contributed by atoms with van der Waals surface area (Å²) in [6, 6.07) is 4.87. The first kappa shape index (κ1) is 15.9. The Morgan fingerprint density at radius 1 is 1.37 bits per heavy atom. The molecule has 19 heavy (non-hydrogen) atoms. The minimum absolute atomic E-state index is 0.149. The summed E-state index contributed by atoms with van der Waals surface area (Å²) < 4.78 is 32.0. The van der Waals surface area contributed by atoms with E-state index in [1.54, 1.807) is 12.1 Å². The van der Waals surface area contributed by atoms with E-state index >= 15 is 0 Å². The normalized spacial score (nSPS) is 11.8. The third-order valence-corrected chi connectivity index (χ3v) is 4.27. The van der Waals surface area contributed by atoms with Crippen molar-refractivity contribution in [2.24, 2.45) is 11.7 Å². The second-order valence-corrected chi connectivity index (χ2v) is 6.51. The zero-order valence-electron chi connectivity index (χ0n) is 11.6. The number of ether oxygens (including phenoxy) is 1. The Balaban J connectivity index is 2.94. The fourth-order valence-electron chi connectivity index (χ4n) is 1.62. The van der Waals surface area contributed by atoms with Crippen molar-refractivity contribution in [2.75, 3.05) is 13.7 Å². The summed E-state index contributed by atoms with van der Waals surface area (Å²) in [6.45, 7) is 4.86. The molecule has 0 bridgehead atoms. The van der Waals surface area contributed by atoms with Crippen LogP contribution in [0.4, 0.5) is 0 Å². The van der Waals surface area contributed by atoms with Crippen molar-refractivity contribution >= 4 is 10.0 Å². The van der Waals surface area contributed by atoms with Crippen molar-refractivity contribution in [1.82, 2.24) is 4.72 Å². The molecule has 0 atom stereocenters. The average Bonchev–Trinajstić information content (AvgIpc) is 2.37. The van der Waals surface area contributed by atoms with Gasteiger partial charge in [0, 0.05) is 13.1 Å². The molecule has 0 aliphatic rings. The molecule has 0 saturated heterocycles. The predicted octanol–water partition coefficient (Wildman–Crippen LogP) is 1.48. The number of hydrogen-bond acceptors (Lipinski definition) is 4. The summed E-state index contributed by atoms with van der Waals surface area (Å²) in [5, 5.41) is 0. The quantitative estimate of drug-likeness (QED) is 0.795. The first-order valence-corrected chi connectivity index (χ1v) is 7.75. The Labute approximate surface area is 115 Å². The lowest BCUT2D eigenvalue weighted by Crippen LogP contribution is -2.26. The molecule has 0 radical (unpaired) electrons. The summed E-state index contributed by atoms with van der Waals surface area (Å²) in [5.41, 5.74) is 6.36. The topological polar surface area (TPSA) is 81.4 Å². The highest BCUT2D eigenvalue weighted by molar-refractivity contribution is 7.89. The molecular weight excluding hydrogens is 264 g/mol. The molecule has 0 unspecified atom stereocenters. The zero-order chi connectivity index (χ0) is 14.5. The fraction of sp³-hybridized carbons (Fsp3) is 0.538. The number of nitrogens with two attached hydrogens (primary N) is 1. The maximum atomic E-state index is 12.2. The summed E-state index contributed by atoms with van der Waals surface area (Å²) in [6.07, 6.45) is 0.794. The fourth-order valence-corrected chi connectivity index (χ4v) is 2.82. The summed E-state index contributed by atoms with van der Waals surface area (Å²) in [4.78, 5) is 0.149. The van der Waals surface area contributed by atoms with E-state index in [1.807, 2.05) is 13.8 Å². The highest BCUT2D eigenvalue weighted by Crippen LogP contribution is 2.24. The van der Waals surface area contributed by atoms with E-state index in [2.05, 4.69) is 4.72 Å². The molecule has 6 heteroatoms. The molecule has 108 valence electrons. The van der Waals surface area contributed by atoms with E-state index in [1.165, 1.54) is 13.2 Å². The molecule has 1 aromatic rings. The van der Waals surface area contributed by atoms with Gasteiger partial charge >= 0.3 is 0 Å². The van der Waals surface area contributed by atoms with Gasteiger partial charge in [0.1, 0.15) is 10.6 Å². The highest BCUT2D eigenvalue weighted by Gasteiger charge is 2.19. The van der Waals surface area contributed by atoms with Crippen LogP contribution in [-0.2, 0) is 16.6 Å². The largest absolute Gasteiger partial charge is 0.495 e. The molecule has 1 aromatic carbocycles. The molecule has 0 heterocycles. The lowest BCUT2D eigenvalue weighted by atomic mass is 10.1. The van der Waals surface area contributed by atoms with Gasteiger partial charge in [-0.05, 0) is 30.0 Å². The lowest BCUT2D eigenvalue weighted by Gasteiger charge is -2.12. The Bertz CT molecular complexity index is 513. The van der Waals surface area contributed by atoms with Crippen molar-refractivity contribution in [1.29, 1.82) is 0 Å². The molecule has 0 aliphatic heterocycles. The Kier molecular flexibility index (Phi) is 5.78. The van der Waals surface area contributed by atoms with Crippen LogP contribution in [0, 0.1) is 5.92 Å². The number of nitrogens with one attached hydrogen (secondary N) is 1. The highest BCUT2D eigenvalue weighted by atomic mass is 32.2. The minimum Gasteiger partial charge on any atom is -0.495 e. The molecule has 1 rings (SSSR count). The standard InChI is InChI=1S/C13H22N2O3S/c1-10(2)6-7-15-19(16,17)13-5-4-11(9-14)8-12(13)18-3/h4-5,8,10,15H,6-7,9,14H2,1-3H3. The van der Waals surface area contributed by atoms with Gasteiger partial charge < -0.3 is 10.5 Å². The Hall–Kier alpha value is -1.11. The second kappa shape index (κ2) is 6.88. The first-order chi connectivity index (χ1) is 8.90. The van der Waals surface area contributed by atoms with Gasteiger partial charge in [-0.3, -0.25) is 0 Å². The molecule has 3 N–H and O–H groups in total. The van der Waals surface area contributed by atoms with Crippen LogP contribution < -0.4 is 15.2 Å². The van der Waals surface area contributed by atoms with Crippen LogP contribution in [0.3, 0.4) is 0 Å². The molecule has 5 nitrogen and oxygen atoms in total. The third-order valence-electron chi connectivity index (χ3n) is 2.77. The van der Waals surface area contributed by atoms with Crippen LogP contribution in [0.25, 0.3) is 0 Å². The van der Waals surface area contributed by atoms with Gasteiger partial charge in [0.05, 0.1) is 7.11 Å². The van der Waals surface area contributed by atoms with E-state index in [-0.39, 0.29) is 4.90 Å². The van der Waals surface area contributed by atoms with E-state index in [9.17, 15) is 8.42 Å². The molecule has 0 spiro atoms. The van der Waals surface area contributed by atoms with Crippen LogP contribution in [-0.4, -0.2) is 22.1 Å². The van der Waals surface area contributed by atoms with Crippen LogP contribution in [0.5, 0.6) is 5.75 Å². The molecule has 0 aromatic heterocycles. The van der Waals surface area contributed by atoms with Crippen LogP contribution >= 0.6 is 0 Å². The second-order valence-electron chi connectivity index (χ2n) is 4.77. The monoisotopic (exact) mass is 286 g/mol. The minimum atomic E-state index is -3.54.